The zero-order valence-corrected chi connectivity index (χ0v) is 16.6. The third-order valence-corrected chi connectivity index (χ3v) is 4.75. The lowest BCUT2D eigenvalue weighted by Gasteiger charge is -2.15. The van der Waals surface area contributed by atoms with Crippen LogP contribution in [0.1, 0.15) is 15.9 Å². The molecule has 0 saturated heterocycles. The van der Waals surface area contributed by atoms with E-state index < -0.39 is 24.9 Å². The van der Waals surface area contributed by atoms with E-state index in [9.17, 15) is 22.5 Å². The van der Waals surface area contributed by atoms with Gasteiger partial charge in [-0.15, -0.1) is 0 Å². The molecule has 0 aliphatic heterocycles. The standard InChI is InChI=1S/C20H18F3N2O3P/c1-29(2,27)12-28-19(26)14-6-3-4-9-16(14)25-17-10-11-24-18-13(17)7-5-8-15(18)20(21,22)23/h3-11H,12H2,1-2H3,(H,24,25). The van der Waals surface area contributed by atoms with Crippen molar-refractivity contribution in [2.24, 2.45) is 0 Å². The molecule has 0 unspecified atom stereocenters. The van der Waals surface area contributed by atoms with E-state index in [1.807, 2.05) is 0 Å². The number of esters is 1. The van der Waals surface area contributed by atoms with Gasteiger partial charge in [0, 0.05) is 17.3 Å². The van der Waals surface area contributed by atoms with Crippen LogP contribution in [0.4, 0.5) is 24.5 Å². The van der Waals surface area contributed by atoms with Crippen LogP contribution in [-0.2, 0) is 15.5 Å². The zero-order valence-electron chi connectivity index (χ0n) is 15.7. The third kappa shape index (κ3) is 4.95. The van der Waals surface area contributed by atoms with Crippen molar-refractivity contribution in [1.29, 1.82) is 0 Å². The first-order chi connectivity index (χ1) is 13.6. The molecule has 1 aromatic heterocycles. The van der Waals surface area contributed by atoms with E-state index in [0.29, 0.717) is 11.4 Å². The van der Waals surface area contributed by atoms with Gasteiger partial charge in [0.1, 0.15) is 13.5 Å². The van der Waals surface area contributed by atoms with E-state index >= 15 is 0 Å². The number of para-hydroxylation sites is 2. The molecule has 1 heterocycles. The Labute approximate surface area is 165 Å². The van der Waals surface area contributed by atoms with Crippen LogP contribution in [0.15, 0.2) is 54.7 Å². The summed E-state index contributed by atoms with van der Waals surface area (Å²) in [5, 5.41) is 3.26. The lowest BCUT2D eigenvalue weighted by Crippen LogP contribution is -2.10. The number of nitrogens with one attached hydrogen (secondary N) is 1. The summed E-state index contributed by atoms with van der Waals surface area (Å²) in [7, 11) is -2.55. The predicted octanol–water partition coefficient (Wildman–Crippen LogP) is 5.73. The van der Waals surface area contributed by atoms with Crippen LogP contribution in [0.5, 0.6) is 0 Å². The summed E-state index contributed by atoms with van der Waals surface area (Å²) in [4.78, 5) is 16.3. The van der Waals surface area contributed by atoms with Crippen LogP contribution in [0.3, 0.4) is 0 Å². The van der Waals surface area contributed by atoms with E-state index in [1.54, 1.807) is 18.2 Å². The van der Waals surface area contributed by atoms with Gasteiger partial charge in [-0.05, 0) is 37.6 Å². The number of hydrogen-bond acceptors (Lipinski definition) is 5. The molecule has 0 amide bonds. The first-order valence-corrected chi connectivity index (χ1v) is 11.4. The average molecular weight is 422 g/mol. The van der Waals surface area contributed by atoms with E-state index in [-0.39, 0.29) is 22.8 Å². The Kier molecular flexibility index (Phi) is 5.66. The molecule has 0 aliphatic carbocycles. The van der Waals surface area contributed by atoms with Crippen molar-refractivity contribution in [3.63, 3.8) is 0 Å². The molecule has 9 heteroatoms. The molecule has 0 fully saturated rings. The number of rotatable bonds is 5. The average Bonchev–Trinajstić information content (AvgIpc) is 2.65. The second-order valence-corrected chi connectivity index (χ2v) is 10.3. The van der Waals surface area contributed by atoms with Crippen LogP contribution in [-0.4, -0.2) is 30.6 Å². The quantitative estimate of drug-likeness (QED) is 0.420. The van der Waals surface area contributed by atoms with Crippen molar-refractivity contribution in [3.8, 4) is 0 Å². The van der Waals surface area contributed by atoms with E-state index in [4.69, 9.17) is 4.74 Å². The molecule has 0 spiro atoms. The first kappa shape index (κ1) is 20.9. The van der Waals surface area contributed by atoms with Gasteiger partial charge in [0.05, 0.1) is 22.3 Å². The lowest BCUT2D eigenvalue weighted by atomic mass is 10.1. The fraction of sp³-hybridized carbons (Fsp3) is 0.200. The monoisotopic (exact) mass is 422 g/mol. The fourth-order valence-electron chi connectivity index (χ4n) is 2.72. The van der Waals surface area contributed by atoms with E-state index in [2.05, 4.69) is 10.3 Å². The Morgan fingerprint density at radius 3 is 2.48 bits per heavy atom. The molecule has 152 valence electrons. The second kappa shape index (κ2) is 7.87. The van der Waals surface area contributed by atoms with Gasteiger partial charge in [0.2, 0.25) is 0 Å². The summed E-state index contributed by atoms with van der Waals surface area (Å²) in [6, 6.07) is 11.7. The molecule has 2 aromatic carbocycles. The van der Waals surface area contributed by atoms with E-state index in [1.165, 1.54) is 43.8 Å². The van der Waals surface area contributed by atoms with Crippen LogP contribution in [0.2, 0.25) is 0 Å². The van der Waals surface area contributed by atoms with Gasteiger partial charge in [-0.1, -0.05) is 24.3 Å². The Hall–Kier alpha value is -2.86. The number of carbonyl (C=O) groups excluding carboxylic acids is 1. The Balaban J connectivity index is 1.99. The van der Waals surface area contributed by atoms with Gasteiger partial charge in [-0.3, -0.25) is 4.98 Å². The number of aromatic nitrogens is 1. The minimum atomic E-state index is -4.54. The van der Waals surface area contributed by atoms with Gasteiger partial charge in [0.25, 0.3) is 0 Å². The Bertz CT molecular complexity index is 1110. The summed E-state index contributed by atoms with van der Waals surface area (Å²) in [5.74, 6) is -0.675. The van der Waals surface area contributed by atoms with Gasteiger partial charge < -0.3 is 14.6 Å². The number of pyridine rings is 1. The number of ether oxygens (including phenoxy) is 1. The highest BCUT2D eigenvalue weighted by atomic mass is 31.2. The SMILES string of the molecule is CP(C)(=O)COC(=O)c1ccccc1Nc1ccnc2c(C(F)(F)F)cccc12. The highest BCUT2D eigenvalue weighted by Crippen LogP contribution is 2.37. The maximum absolute atomic E-state index is 13.3. The molecular formula is C20H18F3N2O3P. The van der Waals surface area contributed by atoms with Crippen LogP contribution in [0.25, 0.3) is 10.9 Å². The van der Waals surface area contributed by atoms with Crippen molar-refractivity contribution < 1.29 is 27.3 Å². The Morgan fingerprint density at radius 2 is 1.79 bits per heavy atom. The largest absolute Gasteiger partial charge is 0.454 e. The number of benzene rings is 2. The summed E-state index contributed by atoms with van der Waals surface area (Å²) in [5.41, 5.74) is -0.142. The number of fused-ring (bicyclic) bond motifs is 1. The number of hydrogen-bond donors (Lipinski definition) is 1. The number of nitrogens with zero attached hydrogens (tertiary/aromatic N) is 1. The van der Waals surface area contributed by atoms with Crippen molar-refractivity contribution in [3.05, 3.63) is 65.9 Å². The second-order valence-electron chi connectivity index (χ2n) is 6.86. The fourth-order valence-corrected chi connectivity index (χ4v) is 3.15. The lowest BCUT2D eigenvalue weighted by molar-refractivity contribution is -0.136. The van der Waals surface area contributed by atoms with Gasteiger partial charge in [0.15, 0.2) is 0 Å². The van der Waals surface area contributed by atoms with Crippen LogP contribution in [0, 0.1) is 0 Å². The molecule has 3 aromatic rings. The maximum atomic E-state index is 13.3. The first-order valence-electron chi connectivity index (χ1n) is 8.58. The van der Waals surface area contributed by atoms with Crippen LogP contribution >= 0.6 is 7.14 Å². The zero-order chi connectivity index (χ0) is 21.2. The molecule has 5 nitrogen and oxygen atoms in total. The number of alkyl halides is 3. The van der Waals surface area contributed by atoms with Crippen molar-refractivity contribution >= 4 is 35.4 Å². The topological polar surface area (TPSA) is 68.3 Å². The summed E-state index contributed by atoms with van der Waals surface area (Å²) in [6.45, 7) is 3.01. The highest BCUT2D eigenvalue weighted by Gasteiger charge is 2.33. The maximum Gasteiger partial charge on any atom is 0.418 e. The van der Waals surface area contributed by atoms with Crippen LogP contribution < -0.4 is 5.32 Å². The highest BCUT2D eigenvalue weighted by molar-refractivity contribution is 7.62. The smallest absolute Gasteiger partial charge is 0.418 e. The molecule has 0 atom stereocenters. The molecule has 29 heavy (non-hydrogen) atoms. The molecule has 0 radical (unpaired) electrons. The predicted molar refractivity (Wildman–Crippen MR) is 106 cm³/mol. The third-order valence-electron chi connectivity index (χ3n) is 4.00. The summed E-state index contributed by atoms with van der Waals surface area (Å²) < 4.78 is 56.8. The van der Waals surface area contributed by atoms with Crippen molar-refractivity contribution in [2.75, 3.05) is 25.0 Å². The van der Waals surface area contributed by atoms with Gasteiger partial charge in [-0.2, -0.15) is 13.2 Å². The normalized spacial score (nSPS) is 12.0. The van der Waals surface area contributed by atoms with Gasteiger partial charge >= 0.3 is 12.1 Å². The summed E-state index contributed by atoms with van der Waals surface area (Å²) in [6.07, 6.45) is -3.47. The Morgan fingerprint density at radius 1 is 1.07 bits per heavy atom. The molecule has 0 aliphatic rings. The molecule has 1 N–H and O–H groups in total. The number of carbonyl (C=O) groups is 1. The van der Waals surface area contributed by atoms with Crippen molar-refractivity contribution in [2.45, 2.75) is 6.18 Å². The molecule has 0 saturated carbocycles. The molecule has 0 bridgehead atoms. The van der Waals surface area contributed by atoms with Crippen molar-refractivity contribution in [1.82, 2.24) is 4.98 Å². The number of halogens is 3. The van der Waals surface area contributed by atoms with E-state index in [0.717, 1.165) is 6.07 Å². The summed E-state index contributed by atoms with van der Waals surface area (Å²) >= 11 is 0. The number of anilines is 2. The van der Waals surface area contributed by atoms with Gasteiger partial charge in [-0.25, -0.2) is 4.79 Å². The minimum absolute atomic E-state index is 0.179. The minimum Gasteiger partial charge on any atom is -0.454 e. The molecular weight excluding hydrogens is 404 g/mol. The molecule has 3 rings (SSSR count).